The number of carbonyl (C=O) groups excluding carboxylic acids is 1. The highest BCUT2D eigenvalue weighted by atomic mass is 19.4. The number of hydrogen-bond acceptors (Lipinski definition) is 8. The Labute approximate surface area is 212 Å². The van der Waals surface area contributed by atoms with Gasteiger partial charge in [0.15, 0.2) is 0 Å². The Kier molecular flexibility index (Phi) is 7.47. The largest absolute Gasteiger partial charge is 0.490 e. The molecule has 202 valence electrons. The standard InChI is InChI=1S/C22H29N5O3.C2HF3O2/c1-15-10-18(16(2)30-15)20(28)27-5-4-22(13-27)14-29-12-17-11-23-21(24-19(17)22)26-8-6-25(3)7-9-26;3-2(4,5)1(6)7/h10-11H,4-9,12-14H2,1-3H3;(H,6,7). The van der Waals surface area contributed by atoms with Crippen LogP contribution in [0.25, 0.3) is 0 Å². The van der Waals surface area contributed by atoms with E-state index < -0.39 is 12.1 Å². The summed E-state index contributed by atoms with van der Waals surface area (Å²) in [6, 6.07) is 1.83. The summed E-state index contributed by atoms with van der Waals surface area (Å²) in [6.07, 6.45) is -2.31. The molecule has 0 aromatic carbocycles. The topological polar surface area (TPSA) is 112 Å². The van der Waals surface area contributed by atoms with Crippen molar-refractivity contribution in [1.82, 2.24) is 19.8 Å². The fourth-order valence-electron chi connectivity index (χ4n) is 4.92. The Morgan fingerprint density at radius 3 is 2.41 bits per heavy atom. The van der Waals surface area contributed by atoms with Gasteiger partial charge in [-0.3, -0.25) is 4.79 Å². The van der Waals surface area contributed by atoms with Crippen LogP contribution in [-0.4, -0.2) is 95.9 Å². The van der Waals surface area contributed by atoms with Gasteiger partial charge in [0.2, 0.25) is 5.95 Å². The van der Waals surface area contributed by atoms with Gasteiger partial charge < -0.3 is 29.0 Å². The molecule has 0 saturated carbocycles. The molecule has 2 aromatic heterocycles. The second kappa shape index (κ2) is 10.3. The predicted molar refractivity (Wildman–Crippen MR) is 125 cm³/mol. The molecule has 3 aliphatic heterocycles. The van der Waals surface area contributed by atoms with E-state index in [1.165, 1.54) is 0 Å². The Morgan fingerprint density at radius 2 is 1.81 bits per heavy atom. The van der Waals surface area contributed by atoms with Crippen molar-refractivity contribution in [1.29, 1.82) is 0 Å². The number of alkyl halides is 3. The molecular formula is C24H30F3N5O5. The number of nitrogens with zero attached hydrogens (tertiary/aromatic N) is 5. The zero-order valence-corrected chi connectivity index (χ0v) is 21.0. The summed E-state index contributed by atoms with van der Waals surface area (Å²) < 4.78 is 43.3. The molecule has 5 heterocycles. The van der Waals surface area contributed by atoms with Crippen LogP contribution in [0.4, 0.5) is 19.1 Å². The van der Waals surface area contributed by atoms with Crippen molar-refractivity contribution in [2.75, 3.05) is 57.8 Å². The SMILES string of the molecule is Cc1cc(C(=O)N2CCC3(COCc4cnc(N5CCN(C)CC5)nc43)C2)c(C)o1.O=C(O)C(F)(F)F. The van der Waals surface area contributed by atoms with Crippen molar-refractivity contribution in [3.8, 4) is 0 Å². The van der Waals surface area contributed by atoms with Gasteiger partial charge in [0, 0.05) is 51.0 Å². The zero-order valence-electron chi connectivity index (χ0n) is 21.0. The van der Waals surface area contributed by atoms with E-state index >= 15 is 0 Å². The van der Waals surface area contributed by atoms with Gasteiger partial charge in [0.05, 0.1) is 29.9 Å². The smallest absolute Gasteiger partial charge is 0.475 e. The molecule has 5 rings (SSSR count). The Balaban J connectivity index is 0.000000405. The molecular weight excluding hydrogens is 495 g/mol. The molecule has 1 spiro atoms. The lowest BCUT2D eigenvalue weighted by Crippen LogP contribution is -2.46. The normalized spacial score (nSPS) is 22.0. The van der Waals surface area contributed by atoms with Gasteiger partial charge in [-0.15, -0.1) is 0 Å². The van der Waals surface area contributed by atoms with Gasteiger partial charge in [-0.1, -0.05) is 0 Å². The highest BCUT2D eigenvalue weighted by molar-refractivity contribution is 5.95. The first-order valence-corrected chi connectivity index (χ1v) is 11.9. The number of hydrogen-bond donors (Lipinski definition) is 1. The van der Waals surface area contributed by atoms with Crippen molar-refractivity contribution >= 4 is 17.8 Å². The number of ether oxygens (including phenoxy) is 1. The molecule has 0 bridgehead atoms. The summed E-state index contributed by atoms with van der Waals surface area (Å²) in [5.74, 6) is -0.484. The van der Waals surface area contributed by atoms with Gasteiger partial charge >= 0.3 is 12.1 Å². The Hall–Kier alpha value is -3.19. The number of likely N-dealkylation sites (tertiary alicyclic amines) is 1. The number of rotatable bonds is 2. The van der Waals surface area contributed by atoms with E-state index in [2.05, 4.69) is 21.8 Å². The first kappa shape index (κ1) is 26.9. The van der Waals surface area contributed by atoms with Crippen molar-refractivity contribution < 1.29 is 37.0 Å². The fraction of sp³-hybridized carbons (Fsp3) is 0.583. The van der Waals surface area contributed by atoms with Gasteiger partial charge in [0.1, 0.15) is 11.5 Å². The first-order valence-electron chi connectivity index (χ1n) is 11.9. The number of amides is 1. The molecule has 10 nitrogen and oxygen atoms in total. The van der Waals surface area contributed by atoms with Crippen molar-refractivity contribution in [2.24, 2.45) is 0 Å². The van der Waals surface area contributed by atoms with Crippen molar-refractivity contribution in [3.05, 3.63) is 40.6 Å². The van der Waals surface area contributed by atoms with Crippen LogP contribution in [0.5, 0.6) is 0 Å². The molecule has 1 unspecified atom stereocenters. The number of piperazine rings is 1. The summed E-state index contributed by atoms with van der Waals surface area (Å²) >= 11 is 0. The molecule has 0 radical (unpaired) electrons. The molecule has 37 heavy (non-hydrogen) atoms. The fourth-order valence-corrected chi connectivity index (χ4v) is 4.92. The van der Waals surface area contributed by atoms with Crippen LogP contribution in [0.15, 0.2) is 16.7 Å². The number of likely N-dealkylation sites (N-methyl/N-ethyl adjacent to an activating group) is 1. The van der Waals surface area contributed by atoms with E-state index in [9.17, 15) is 18.0 Å². The zero-order chi connectivity index (χ0) is 27.0. The average molecular weight is 526 g/mol. The highest BCUT2D eigenvalue weighted by Crippen LogP contribution is 2.40. The van der Waals surface area contributed by atoms with Crippen molar-refractivity contribution in [2.45, 2.75) is 38.5 Å². The second-order valence-corrected chi connectivity index (χ2v) is 9.71. The summed E-state index contributed by atoms with van der Waals surface area (Å²) in [5.41, 5.74) is 2.50. The van der Waals surface area contributed by atoms with Crippen LogP contribution in [0.3, 0.4) is 0 Å². The number of aliphatic carboxylic acids is 1. The quantitative estimate of drug-likeness (QED) is 0.632. The maximum Gasteiger partial charge on any atom is 0.490 e. The van der Waals surface area contributed by atoms with Crippen LogP contribution < -0.4 is 4.90 Å². The number of halogens is 3. The van der Waals surface area contributed by atoms with E-state index in [1.807, 2.05) is 31.0 Å². The molecule has 1 atom stereocenters. The van der Waals surface area contributed by atoms with E-state index in [4.69, 9.17) is 24.0 Å². The predicted octanol–water partition coefficient (Wildman–Crippen LogP) is 2.39. The van der Waals surface area contributed by atoms with Crippen LogP contribution in [-0.2, 0) is 21.6 Å². The maximum absolute atomic E-state index is 13.1. The molecule has 13 heteroatoms. The number of anilines is 1. The Morgan fingerprint density at radius 1 is 1.14 bits per heavy atom. The molecule has 2 saturated heterocycles. The third-order valence-corrected chi connectivity index (χ3v) is 6.93. The Bertz CT molecular complexity index is 1160. The number of aryl methyl sites for hydroxylation is 2. The lowest BCUT2D eigenvalue weighted by molar-refractivity contribution is -0.192. The third kappa shape index (κ3) is 5.72. The van der Waals surface area contributed by atoms with E-state index in [-0.39, 0.29) is 11.3 Å². The summed E-state index contributed by atoms with van der Waals surface area (Å²) in [6.45, 7) is 10.0. The molecule has 1 N–H and O–H groups in total. The number of furan rings is 1. The van der Waals surface area contributed by atoms with Crippen LogP contribution in [0.1, 0.15) is 39.6 Å². The van der Waals surface area contributed by atoms with E-state index in [0.717, 1.165) is 55.6 Å². The molecule has 1 amide bonds. The van der Waals surface area contributed by atoms with Gasteiger partial charge in [0.25, 0.3) is 5.91 Å². The molecule has 2 fully saturated rings. The van der Waals surface area contributed by atoms with Gasteiger partial charge in [-0.2, -0.15) is 13.2 Å². The number of aromatic nitrogens is 2. The minimum absolute atomic E-state index is 0.0293. The van der Waals surface area contributed by atoms with Crippen molar-refractivity contribution in [3.63, 3.8) is 0 Å². The number of carboxylic acids is 1. The summed E-state index contributed by atoms with van der Waals surface area (Å²) in [7, 11) is 2.14. The lowest BCUT2D eigenvalue weighted by Gasteiger charge is -2.36. The molecule has 3 aliphatic rings. The van der Waals surface area contributed by atoms with Gasteiger partial charge in [-0.25, -0.2) is 14.8 Å². The number of carbonyl (C=O) groups is 2. The monoisotopic (exact) mass is 525 g/mol. The van der Waals surface area contributed by atoms with E-state index in [0.29, 0.717) is 37.6 Å². The van der Waals surface area contributed by atoms with Gasteiger partial charge in [-0.05, 0) is 33.4 Å². The lowest BCUT2D eigenvalue weighted by atomic mass is 9.80. The summed E-state index contributed by atoms with van der Waals surface area (Å²) in [4.78, 5) is 38.2. The van der Waals surface area contributed by atoms with E-state index in [1.54, 1.807) is 0 Å². The maximum atomic E-state index is 13.1. The third-order valence-electron chi connectivity index (χ3n) is 6.93. The first-order chi connectivity index (χ1) is 17.4. The minimum atomic E-state index is -5.08. The minimum Gasteiger partial charge on any atom is -0.475 e. The second-order valence-electron chi connectivity index (χ2n) is 9.71. The number of fused-ring (bicyclic) bond motifs is 2. The molecule has 0 aliphatic carbocycles. The van der Waals surface area contributed by atoms with Crippen LogP contribution in [0, 0.1) is 13.8 Å². The summed E-state index contributed by atoms with van der Waals surface area (Å²) in [5, 5.41) is 7.12. The number of carboxylic acid groups (broad SMARTS) is 1. The van der Waals surface area contributed by atoms with Crippen LogP contribution in [0.2, 0.25) is 0 Å². The average Bonchev–Trinajstić information content (AvgIpc) is 3.42. The highest BCUT2D eigenvalue weighted by Gasteiger charge is 2.47. The molecule has 2 aromatic rings. The van der Waals surface area contributed by atoms with Crippen LogP contribution >= 0.6 is 0 Å².